The van der Waals surface area contributed by atoms with Gasteiger partial charge in [0, 0.05) is 12.6 Å². The Bertz CT molecular complexity index is 594. The van der Waals surface area contributed by atoms with Crippen molar-refractivity contribution in [1.29, 1.82) is 0 Å². The quantitative estimate of drug-likeness (QED) is 0.625. The molecular formula is C13H10ClNO4. The van der Waals surface area contributed by atoms with Crippen molar-refractivity contribution in [3.05, 3.63) is 46.5 Å². The van der Waals surface area contributed by atoms with Crippen molar-refractivity contribution in [1.82, 2.24) is 4.90 Å². The van der Waals surface area contributed by atoms with E-state index in [1.54, 1.807) is 0 Å². The van der Waals surface area contributed by atoms with Crippen LogP contribution >= 0.6 is 11.6 Å². The van der Waals surface area contributed by atoms with Crippen LogP contribution < -0.4 is 0 Å². The molecule has 0 bridgehead atoms. The fraction of sp³-hybridized carbons (Fsp3) is 0.154. The Hall–Kier alpha value is -2.14. The first-order chi connectivity index (χ1) is 9.06. The van der Waals surface area contributed by atoms with Crippen molar-refractivity contribution in [2.45, 2.75) is 0 Å². The van der Waals surface area contributed by atoms with Crippen LogP contribution in [0.25, 0.3) is 0 Å². The highest BCUT2D eigenvalue weighted by molar-refractivity contribution is 6.25. The monoisotopic (exact) mass is 279 g/mol. The molecule has 0 spiro atoms. The fourth-order valence-electron chi connectivity index (χ4n) is 1.73. The summed E-state index contributed by atoms with van der Waals surface area (Å²) in [6, 6.07) is 4.27. The largest absolute Gasteiger partial charge is 0.458 e. The lowest BCUT2D eigenvalue weighted by atomic mass is 10.1. The van der Waals surface area contributed by atoms with Crippen molar-refractivity contribution < 1.29 is 19.1 Å². The van der Waals surface area contributed by atoms with Crippen LogP contribution in [0.3, 0.4) is 0 Å². The second-order valence-electron chi connectivity index (χ2n) is 3.89. The van der Waals surface area contributed by atoms with Crippen molar-refractivity contribution in [3.63, 3.8) is 0 Å². The van der Waals surface area contributed by atoms with Gasteiger partial charge in [-0.2, -0.15) is 0 Å². The maximum Gasteiger partial charge on any atom is 0.338 e. The molecule has 1 aliphatic heterocycles. The van der Waals surface area contributed by atoms with E-state index in [2.05, 4.69) is 0 Å². The van der Waals surface area contributed by atoms with E-state index >= 15 is 0 Å². The van der Waals surface area contributed by atoms with Gasteiger partial charge in [0.15, 0.2) is 0 Å². The number of hydrogen-bond acceptors (Lipinski definition) is 4. The van der Waals surface area contributed by atoms with Gasteiger partial charge in [-0.15, -0.1) is 0 Å². The SMILES string of the molecule is CN1C(=O)c2ccc(C(=O)OC/C=C/Cl)cc2C1=O. The molecule has 1 aromatic carbocycles. The van der Waals surface area contributed by atoms with E-state index in [4.69, 9.17) is 16.3 Å². The van der Waals surface area contributed by atoms with Crippen molar-refractivity contribution in [2.24, 2.45) is 0 Å². The van der Waals surface area contributed by atoms with Crippen LogP contribution in [0.1, 0.15) is 31.1 Å². The zero-order chi connectivity index (χ0) is 14.0. The summed E-state index contributed by atoms with van der Waals surface area (Å²) in [6.45, 7) is 0.0478. The lowest BCUT2D eigenvalue weighted by molar-refractivity contribution is 0.0549. The molecule has 0 N–H and O–H groups in total. The van der Waals surface area contributed by atoms with Gasteiger partial charge >= 0.3 is 5.97 Å². The standard InChI is InChI=1S/C13H10ClNO4/c1-15-11(16)9-4-3-8(7-10(9)12(15)17)13(18)19-6-2-5-14/h2-5,7H,6H2,1H3/b5-2+. The van der Waals surface area contributed by atoms with Gasteiger partial charge in [-0.1, -0.05) is 11.6 Å². The molecule has 2 amide bonds. The number of ether oxygens (including phenoxy) is 1. The number of benzene rings is 1. The summed E-state index contributed by atoms with van der Waals surface area (Å²) in [5, 5.41) is 0. The first kappa shape index (κ1) is 13.3. The molecule has 2 rings (SSSR count). The predicted octanol–water partition coefficient (Wildman–Crippen LogP) is 1.82. The van der Waals surface area contributed by atoms with Gasteiger partial charge < -0.3 is 4.74 Å². The Morgan fingerprint density at radius 1 is 1.32 bits per heavy atom. The highest BCUT2D eigenvalue weighted by atomic mass is 35.5. The molecule has 5 nitrogen and oxygen atoms in total. The number of fused-ring (bicyclic) bond motifs is 1. The molecule has 0 atom stereocenters. The van der Waals surface area contributed by atoms with Crippen LogP contribution in [0.15, 0.2) is 29.8 Å². The van der Waals surface area contributed by atoms with Gasteiger partial charge in [-0.25, -0.2) is 4.79 Å². The highest BCUT2D eigenvalue weighted by Gasteiger charge is 2.33. The Morgan fingerprint density at radius 2 is 2.00 bits per heavy atom. The summed E-state index contributed by atoms with van der Waals surface area (Å²) < 4.78 is 4.90. The topological polar surface area (TPSA) is 63.7 Å². The van der Waals surface area contributed by atoms with E-state index in [-0.39, 0.29) is 23.6 Å². The Morgan fingerprint density at radius 3 is 2.68 bits per heavy atom. The Kier molecular flexibility index (Phi) is 3.66. The third kappa shape index (κ3) is 2.37. The summed E-state index contributed by atoms with van der Waals surface area (Å²) in [6.07, 6.45) is 1.47. The van der Waals surface area contributed by atoms with Crippen LogP contribution in [0, 0.1) is 0 Å². The van der Waals surface area contributed by atoms with Gasteiger partial charge in [-0.05, 0) is 24.3 Å². The molecule has 0 aliphatic carbocycles. The normalized spacial score (nSPS) is 14.1. The van der Waals surface area contributed by atoms with Crippen molar-refractivity contribution >= 4 is 29.4 Å². The summed E-state index contributed by atoms with van der Waals surface area (Å²) in [4.78, 5) is 36.1. The van der Waals surface area contributed by atoms with Crippen LogP contribution in [-0.4, -0.2) is 36.3 Å². The first-order valence-corrected chi connectivity index (χ1v) is 5.88. The average molecular weight is 280 g/mol. The van der Waals surface area contributed by atoms with E-state index in [0.717, 1.165) is 4.90 Å². The van der Waals surface area contributed by atoms with Crippen LogP contribution in [0.4, 0.5) is 0 Å². The number of amides is 2. The molecular weight excluding hydrogens is 270 g/mol. The second-order valence-corrected chi connectivity index (χ2v) is 4.14. The minimum absolute atomic E-state index is 0.0478. The van der Waals surface area contributed by atoms with Gasteiger partial charge in [0.05, 0.1) is 16.7 Å². The van der Waals surface area contributed by atoms with Crippen molar-refractivity contribution in [3.8, 4) is 0 Å². The maximum atomic E-state index is 11.8. The van der Waals surface area contributed by atoms with Crippen LogP contribution in [0.2, 0.25) is 0 Å². The molecule has 0 saturated carbocycles. The molecule has 0 saturated heterocycles. The molecule has 1 aromatic rings. The number of esters is 1. The Labute approximate surface area is 114 Å². The van der Waals surface area contributed by atoms with Crippen LogP contribution in [-0.2, 0) is 4.74 Å². The second kappa shape index (κ2) is 5.24. The number of carbonyl (C=O) groups excluding carboxylic acids is 3. The van der Waals surface area contributed by atoms with E-state index < -0.39 is 11.9 Å². The highest BCUT2D eigenvalue weighted by Crippen LogP contribution is 2.22. The molecule has 19 heavy (non-hydrogen) atoms. The van der Waals surface area contributed by atoms with Crippen molar-refractivity contribution in [2.75, 3.05) is 13.7 Å². The number of rotatable bonds is 3. The number of nitrogens with zero attached hydrogens (tertiary/aromatic N) is 1. The molecule has 6 heteroatoms. The summed E-state index contributed by atoms with van der Waals surface area (Å²) in [7, 11) is 1.40. The van der Waals surface area contributed by atoms with E-state index in [1.807, 2.05) is 0 Å². The van der Waals surface area contributed by atoms with Gasteiger partial charge in [-0.3, -0.25) is 14.5 Å². The number of hydrogen-bond donors (Lipinski definition) is 0. The molecule has 0 unspecified atom stereocenters. The van der Waals surface area contributed by atoms with E-state index in [0.29, 0.717) is 5.56 Å². The smallest absolute Gasteiger partial charge is 0.338 e. The molecule has 1 heterocycles. The van der Waals surface area contributed by atoms with Gasteiger partial charge in [0.25, 0.3) is 11.8 Å². The summed E-state index contributed by atoms with van der Waals surface area (Å²) in [5.74, 6) is -1.37. The summed E-state index contributed by atoms with van der Waals surface area (Å²) >= 11 is 5.30. The fourth-order valence-corrected chi connectivity index (χ4v) is 1.80. The average Bonchev–Trinajstić information content (AvgIpc) is 2.64. The molecule has 0 aromatic heterocycles. The summed E-state index contributed by atoms with van der Waals surface area (Å²) in [5.41, 5.74) is 1.98. The lowest BCUT2D eigenvalue weighted by Crippen LogP contribution is -2.24. The third-order valence-corrected chi connectivity index (χ3v) is 2.90. The maximum absolute atomic E-state index is 11.8. The lowest BCUT2D eigenvalue weighted by Gasteiger charge is -2.03. The number of halogens is 1. The zero-order valence-electron chi connectivity index (χ0n) is 10.1. The van der Waals surface area contributed by atoms with E-state index in [1.165, 1.54) is 36.9 Å². The van der Waals surface area contributed by atoms with E-state index in [9.17, 15) is 14.4 Å². The molecule has 0 fully saturated rings. The number of imide groups is 1. The molecule has 98 valence electrons. The first-order valence-electron chi connectivity index (χ1n) is 5.45. The van der Waals surface area contributed by atoms with Gasteiger partial charge in [0.1, 0.15) is 6.61 Å². The minimum atomic E-state index is -0.577. The van der Waals surface area contributed by atoms with Crippen LogP contribution in [0.5, 0.6) is 0 Å². The zero-order valence-corrected chi connectivity index (χ0v) is 10.8. The Balaban J connectivity index is 2.25. The molecule has 0 radical (unpaired) electrons. The third-order valence-electron chi connectivity index (χ3n) is 2.73. The van der Waals surface area contributed by atoms with Gasteiger partial charge in [0.2, 0.25) is 0 Å². The minimum Gasteiger partial charge on any atom is -0.458 e. The molecule has 1 aliphatic rings. The number of carbonyl (C=O) groups is 3. The predicted molar refractivity (Wildman–Crippen MR) is 68.1 cm³/mol.